The van der Waals surface area contributed by atoms with Crippen LogP contribution in [0.3, 0.4) is 0 Å². The minimum atomic E-state index is -0.872. The number of likely N-dealkylation sites (N-methyl/N-ethyl adjacent to an activating group) is 2. The summed E-state index contributed by atoms with van der Waals surface area (Å²) < 4.78 is 5.78. The van der Waals surface area contributed by atoms with Gasteiger partial charge in [-0.1, -0.05) is 98.8 Å². The van der Waals surface area contributed by atoms with Gasteiger partial charge in [-0.25, -0.2) is 0 Å². The predicted molar refractivity (Wildman–Crippen MR) is 185 cm³/mol. The maximum atomic E-state index is 14.4. The second kappa shape index (κ2) is 17.2. The van der Waals surface area contributed by atoms with Crippen LogP contribution in [-0.2, 0) is 32.0 Å². The summed E-state index contributed by atoms with van der Waals surface area (Å²) in [5.41, 5.74) is 3.41. The Labute approximate surface area is 279 Å². The van der Waals surface area contributed by atoms with Gasteiger partial charge in [-0.05, 0) is 41.6 Å². The lowest BCUT2D eigenvalue weighted by molar-refractivity contribution is -0.149. The van der Waals surface area contributed by atoms with Crippen molar-refractivity contribution in [1.29, 1.82) is 0 Å². The molecule has 3 N–H and O–H groups in total. The summed E-state index contributed by atoms with van der Waals surface area (Å²) in [5, 5.41) is 16.1. The molecule has 0 radical (unpaired) electrons. The molecule has 0 bridgehead atoms. The lowest BCUT2D eigenvalue weighted by Crippen LogP contribution is -2.57. The lowest BCUT2D eigenvalue weighted by atomic mass is 9.94. The molecular formula is C38H50N4O5. The molecule has 1 saturated heterocycles. The predicted octanol–water partition coefficient (Wildman–Crippen LogP) is 3.70. The molecule has 0 unspecified atom stereocenters. The van der Waals surface area contributed by atoms with Gasteiger partial charge in [0.05, 0.1) is 6.61 Å². The molecule has 4 rings (SSSR count). The van der Waals surface area contributed by atoms with Crippen LogP contribution in [0.5, 0.6) is 0 Å². The highest BCUT2D eigenvalue weighted by Crippen LogP contribution is 2.22. The van der Waals surface area contributed by atoms with Gasteiger partial charge in [0.2, 0.25) is 17.7 Å². The Morgan fingerprint density at radius 3 is 2.09 bits per heavy atom. The molecule has 1 fully saturated rings. The Balaban J connectivity index is 1.57. The van der Waals surface area contributed by atoms with Crippen LogP contribution >= 0.6 is 0 Å². The summed E-state index contributed by atoms with van der Waals surface area (Å²) in [4.78, 5) is 44.5. The van der Waals surface area contributed by atoms with Crippen LogP contribution in [0.4, 0.5) is 0 Å². The van der Waals surface area contributed by atoms with Crippen LogP contribution in [-0.4, -0.2) is 97.8 Å². The summed E-state index contributed by atoms with van der Waals surface area (Å²) in [5.74, 6) is -0.967. The number of aliphatic hydroxyl groups excluding tert-OH is 1. The smallest absolute Gasteiger partial charge is 0.249 e. The summed E-state index contributed by atoms with van der Waals surface area (Å²) >= 11 is 0. The first-order chi connectivity index (χ1) is 22.6. The van der Waals surface area contributed by atoms with E-state index in [4.69, 9.17) is 4.74 Å². The van der Waals surface area contributed by atoms with Gasteiger partial charge in [0, 0.05) is 51.5 Å². The molecule has 252 valence electrons. The summed E-state index contributed by atoms with van der Waals surface area (Å²) in [6.45, 7) is 5.11. The summed E-state index contributed by atoms with van der Waals surface area (Å²) in [6, 6.07) is 26.1. The first kappa shape index (κ1) is 35.8. The molecule has 3 amide bonds. The number of nitrogens with zero attached hydrogens (tertiary/aromatic N) is 2. The van der Waals surface area contributed by atoms with Crippen LogP contribution in [0.25, 0.3) is 11.1 Å². The molecule has 0 aliphatic carbocycles. The standard InChI is InChI=1S/C38H50N4O5/c1-38(2,27-43)26-40-36(45)33(22-28-12-7-5-8-13-28)42(4)37(46)34(41(3)35(44)25-47-24-32-16-11-21-39-32)23-29-17-19-31(20-18-29)30-14-9-6-10-15-30/h5-10,12-15,17-20,32-34,39,43H,11,16,21-27H2,1-4H3,(H,40,45)/t32-,33+,34+/m0/s1. The third-order valence-corrected chi connectivity index (χ3v) is 8.90. The van der Waals surface area contributed by atoms with E-state index in [1.807, 2.05) is 98.8 Å². The molecule has 1 aliphatic rings. The zero-order chi connectivity index (χ0) is 33.8. The number of nitrogens with one attached hydrogen (secondary N) is 2. The zero-order valence-corrected chi connectivity index (χ0v) is 28.2. The zero-order valence-electron chi connectivity index (χ0n) is 28.2. The molecule has 0 saturated carbocycles. The quantitative estimate of drug-likeness (QED) is 0.220. The van der Waals surface area contributed by atoms with E-state index in [1.165, 1.54) is 9.80 Å². The van der Waals surface area contributed by atoms with Crippen molar-refractivity contribution in [2.24, 2.45) is 5.41 Å². The maximum absolute atomic E-state index is 14.4. The molecule has 3 atom stereocenters. The Bertz CT molecular complexity index is 1430. The van der Waals surface area contributed by atoms with Gasteiger partial charge in [0.1, 0.15) is 18.7 Å². The van der Waals surface area contributed by atoms with Crippen molar-refractivity contribution in [2.45, 2.75) is 57.7 Å². The number of benzene rings is 3. The van der Waals surface area contributed by atoms with Crippen LogP contribution in [0, 0.1) is 5.41 Å². The normalized spacial score (nSPS) is 15.9. The Hall–Kier alpha value is -4.05. The molecule has 1 aliphatic heterocycles. The highest BCUT2D eigenvalue weighted by molar-refractivity contribution is 5.92. The van der Waals surface area contributed by atoms with Gasteiger partial charge in [-0.15, -0.1) is 0 Å². The Morgan fingerprint density at radius 1 is 0.872 bits per heavy atom. The number of amides is 3. The van der Waals surface area contributed by atoms with Crippen molar-refractivity contribution >= 4 is 17.7 Å². The van der Waals surface area contributed by atoms with E-state index in [2.05, 4.69) is 10.6 Å². The Kier molecular flexibility index (Phi) is 13.1. The SMILES string of the molecule is CN(C(=O)COC[C@@H]1CCCN1)[C@H](Cc1ccc(-c2ccccc2)cc1)C(=O)N(C)[C@H](Cc1ccccc1)C(=O)NCC(C)(C)CO. The van der Waals surface area contributed by atoms with Crippen molar-refractivity contribution in [3.05, 3.63) is 96.1 Å². The van der Waals surface area contributed by atoms with E-state index < -0.39 is 17.5 Å². The molecule has 9 nitrogen and oxygen atoms in total. The van der Waals surface area contributed by atoms with Crippen molar-refractivity contribution in [2.75, 3.05) is 47.0 Å². The lowest BCUT2D eigenvalue weighted by Gasteiger charge is -2.35. The fraction of sp³-hybridized carbons (Fsp3) is 0.447. The van der Waals surface area contributed by atoms with Gasteiger partial charge < -0.3 is 30.3 Å². The minimum absolute atomic E-state index is 0.0949. The highest BCUT2D eigenvalue weighted by atomic mass is 16.5. The third kappa shape index (κ3) is 10.5. The number of hydrogen-bond acceptors (Lipinski definition) is 6. The van der Waals surface area contributed by atoms with Crippen molar-refractivity contribution in [3.63, 3.8) is 0 Å². The number of carbonyl (C=O) groups is 3. The number of hydrogen-bond donors (Lipinski definition) is 3. The van der Waals surface area contributed by atoms with Crippen LogP contribution in [0.15, 0.2) is 84.9 Å². The average Bonchev–Trinajstić information content (AvgIpc) is 3.62. The average molecular weight is 643 g/mol. The largest absolute Gasteiger partial charge is 0.396 e. The second-order valence-corrected chi connectivity index (χ2v) is 13.3. The van der Waals surface area contributed by atoms with E-state index in [0.29, 0.717) is 13.0 Å². The van der Waals surface area contributed by atoms with Crippen LogP contribution in [0.2, 0.25) is 0 Å². The monoisotopic (exact) mass is 642 g/mol. The topological polar surface area (TPSA) is 111 Å². The molecule has 9 heteroatoms. The van der Waals surface area contributed by atoms with Crippen molar-refractivity contribution in [1.82, 2.24) is 20.4 Å². The van der Waals surface area contributed by atoms with Crippen LogP contribution < -0.4 is 10.6 Å². The van der Waals surface area contributed by atoms with E-state index in [1.54, 1.807) is 14.1 Å². The summed E-state index contributed by atoms with van der Waals surface area (Å²) in [6.07, 6.45) is 2.66. The number of rotatable bonds is 16. The first-order valence-corrected chi connectivity index (χ1v) is 16.5. The van der Waals surface area contributed by atoms with E-state index >= 15 is 0 Å². The number of aliphatic hydroxyl groups is 1. The molecule has 1 heterocycles. The fourth-order valence-corrected chi connectivity index (χ4v) is 5.67. The fourth-order valence-electron chi connectivity index (χ4n) is 5.67. The van der Waals surface area contributed by atoms with Gasteiger partial charge in [-0.3, -0.25) is 14.4 Å². The molecular weight excluding hydrogens is 592 g/mol. The van der Waals surface area contributed by atoms with Crippen molar-refractivity contribution in [3.8, 4) is 11.1 Å². The van der Waals surface area contributed by atoms with Gasteiger partial charge in [0.25, 0.3) is 0 Å². The number of ether oxygens (including phenoxy) is 1. The van der Waals surface area contributed by atoms with E-state index in [9.17, 15) is 19.5 Å². The van der Waals surface area contributed by atoms with E-state index in [0.717, 1.165) is 41.6 Å². The van der Waals surface area contributed by atoms with Gasteiger partial charge >= 0.3 is 0 Å². The minimum Gasteiger partial charge on any atom is -0.396 e. The van der Waals surface area contributed by atoms with E-state index in [-0.39, 0.29) is 49.9 Å². The Morgan fingerprint density at radius 2 is 1.47 bits per heavy atom. The number of carbonyl (C=O) groups excluding carboxylic acids is 3. The molecule has 0 aromatic heterocycles. The molecule has 47 heavy (non-hydrogen) atoms. The van der Waals surface area contributed by atoms with Gasteiger partial charge in [0.15, 0.2) is 0 Å². The highest BCUT2D eigenvalue weighted by Gasteiger charge is 2.35. The molecule has 3 aromatic rings. The molecule has 3 aromatic carbocycles. The van der Waals surface area contributed by atoms with Crippen molar-refractivity contribution < 1.29 is 24.2 Å². The summed E-state index contributed by atoms with van der Waals surface area (Å²) in [7, 11) is 3.25. The third-order valence-electron chi connectivity index (χ3n) is 8.90. The van der Waals surface area contributed by atoms with Crippen LogP contribution in [0.1, 0.15) is 37.8 Å². The second-order valence-electron chi connectivity index (χ2n) is 13.3. The first-order valence-electron chi connectivity index (χ1n) is 16.5. The maximum Gasteiger partial charge on any atom is 0.249 e. The van der Waals surface area contributed by atoms with Gasteiger partial charge in [-0.2, -0.15) is 0 Å². The molecule has 0 spiro atoms.